The Morgan fingerprint density at radius 3 is 2.80 bits per heavy atom. The van der Waals surface area contributed by atoms with Crippen LogP contribution in [0.2, 0.25) is 0 Å². The molecule has 0 radical (unpaired) electrons. The average molecular weight is 342 g/mol. The van der Waals surface area contributed by atoms with Crippen molar-refractivity contribution in [3.63, 3.8) is 0 Å². The maximum Gasteiger partial charge on any atom is 0.410 e. The van der Waals surface area contributed by atoms with Crippen molar-refractivity contribution in [1.29, 1.82) is 0 Å². The number of hydrogen-bond acceptors (Lipinski definition) is 3. The van der Waals surface area contributed by atoms with Gasteiger partial charge in [-0.1, -0.05) is 36.4 Å². The van der Waals surface area contributed by atoms with E-state index in [9.17, 15) is 9.59 Å². The second kappa shape index (κ2) is 7.72. The van der Waals surface area contributed by atoms with Crippen LogP contribution in [0, 0.1) is 0 Å². The molecule has 25 heavy (non-hydrogen) atoms. The van der Waals surface area contributed by atoms with Crippen LogP contribution in [0.4, 0.5) is 4.79 Å². The summed E-state index contributed by atoms with van der Waals surface area (Å²) in [6.07, 6.45) is 5.32. The van der Waals surface area contributed by atoms with Gasteiger partial charge in [0.15, 0.2) is 0 Å². The van der Waals surface area contributed by atoms with Crippen LogP contribution in [0.5, 0.6) is 0 Å². The SMILES string of the molecule is C=CCC1CCC[C@@H]2CN(C(=O)OCc3ccccc3)[C@@H](C)C(=O)N12. The molecule has 2 aliphatic heterocycles. The third kappa shape index (κ3) is 3.70. The number of nitrogens with zero attached hydrogens (tertiary/aromatic N) is 2. The number of amides is 2. The Hall–Kier alpha value is -2.30. The van der Waals surface area contributed by atoms with Crippen molar-refractivity contribution >= 4 is 12.0 Å². The molecule has 3 atom stereocenters. The van der Waals surface area contributed by atoms with Crippen molar-refractivity contribution in [3.8, 4) is 0 Å². The summed E-state index contributed by atoms with van der Waals surface area (Å²) in [7, 11) is 0. The molecule has 1 unspecified atom stereocenters. The first-order valence-corrected chi connectivity index (χ1v) is 9.02. The van der Waals surface area contributed by atoms with E-state index >= 15 is 0 Å². The molecule has 0 aliphatic carbocycles. The molecule has 0 N–H and O–H groups in total. The molecule has 3 rings (SSSR count). The second-order valence-electron chi connectivity index (χ2n) is 6.88. The van der Waals surface area contributed by atoms with Crippen LogP contribution in [0.3, 0.4) is 0 Å². The summed E-state index contributed by atoms with van der Waals surface area (Å²) in [5.41, 5.74) is 0.942. The van der Waals surface area contributed by atoms with Crippen molar-refractivity contribution in [3.05, 3.63) is 48.6 Å². The van der Waals surface area contributed by atoms with Gasteiger partial charge in [0.25, 0.3) is 0 Å². The zero-order chi connectivity index (χ0) is 17.8. The first kappa shape index (κ1) is 17.5. The van der Waals surface area contributed by atoms with Gasteiger partial charge < -0.3 is 9.64 Å². The molecule has 1 aromatic carbocycles. The van der Waals surface area contributed by atoms with Gasteiger partial charge in [0.2, 0.25) is 5.91 Å². The monoisotopic (exact) mass is 342 g/mol. The lowest BCUT2D eigenvalue weighted by molar-refractivity contribution is -0.150. The molecule has 0 saturated carbocycles. The zero-order valence-electron chi connectivity index (χ0n) is 14.8. The minimum atomic E-state index is -0.482. The highest BCUT2D eigenvalue weighted by Crippen LogP contribution is 2.31. The van der Waals surface area contributed by atoms with E-state index in [2.05, 4.69) is 6.58 Å². The van der Waals surface area contributed by atoms with E-state index in [-0.39, 0.29) is 24.6 Å². The normalized spacial score (nSPS) is 26.1. The standard InChI is InChI=1S/C20H26N2O3/c1-3-8-17-11-7-12-18-13-21(15(2)19(23)22(17)18)20(24)25-14-16-9-5-4-6-10-16/h3-6,9-10,15,17-18H,1,7-8,11-14H2,2H3/t15-,17?,18+/m0/s1. The predicted molar refractivity (Wildman–Crippen MR) is 95.9 cm³/mol. The van der Waals surface area contributed by atoms with E-state index in [0.29, 0.717) is 6.54 Å². The molecule has 134 valence electrons. The number of fused-ring (bicyclic) bond motifs is 1. The summed E-state index contributed by atoms with van der Waals surface area (Å²) < 4.78 is 5.44. The Bertz CT molecular complexity index is 631. The summed E-state index contributed by atoms with van der Waals surface area (Å²) in [4.78, 5) is 29.0. The van der Waals surface area contributed by atoms with Crippen LogP contribution in [0.1, 0.15) is 38.2 Å². The van der Waals surface area contributed by atoms with Gasteiger partial charge in [-0.05, 0) is 38.2 Å². The lowest BCUT2D eigenvalue weighted by Crippen LogP contribution is -2.65. The fourth-order valence-corrected chi connectivity index (χ4v) is 3.90. The fraction of sp³-hybridized carbons (Fsp3) is 0.500. The summed E-state index contributed by atoms with van der Waals surface area (Å²) in [5.74, 6) is 0.0273. The molecule has 5 heteroatoms. The number of piperidine rings is 1. The molecule has 0 spiro atoms. The molecular formula is C20H26N2O3. The molecular weight excluding hydrogens is 316 g/mol. The van der Waals surface area contributed by atoms with E-state index < -0.39 is 12.1 Å². The fourth-order valence-electron chi connectivity index (χ4n) is 3.90. The highest BCUT2D eigenvalue weighted by atomic mass is 16.6. The first-order chi connectivity index (χ1) is 12.1. The van der Waals surface area contributed by atoms with Crippen LogP contribution in [0.15, 0.2) is 43.0 Å². The number of ether oxygens (including phenoxy) is 1. The third-order valence-corrected chi connectivity index (χ3v) is 5.23. The Morgan fingerprint density at radius 2 is 2.08 bits per heavy atom. The van der Waals surface area contributed by atoms with Gasteiger partial charge in [0.05, 0.1) is 0 Å². The number of carbonyl (C=O) groups is 2. The van der Waals surface area contributed by atoms with Gasteiger partial charge in [0, 0.05) is 18.6 Å². The Kier molecular flexibility index (Phi) is 5.41. The van der Waals surface area contributed by atoms with Crippen LogP contribution in [-0.2, 0) is 16.1 Å². The summed E-state index contributed by atoms with van der Waals surface area (Å²) in [6, 6.07) is 9.41. The summed E-state index contributed by atoms with van der Waals surface area (Å²) >= 11 is 0. The predicted octanol–water partition coefficient (Wildman–Crippen LogP) is 3.35. The van der Waals surface area contributed by atoms with Gasteiger partial charge in [-0.25, -0.2) is 4.79 Å². The zero-order valence-corrected chi connectivity index (χ0v) is 14.8. The quantitative estimate of drug-likeness (QED) is 0.789. The topological polar surface area (TPSA) is 49.9 Å². The lowest BCUT2D eigenvalue weighted by Gasteiger charge is -2.50. The van der Waals surface area contributed by atoms with Gasteiger partial charge in [0.1, 0.15) is 12.6 Å². The van der Waals surface area contributed by atoms with Crippen molar-refractivity contribution in [2.45, 2.75) is 57.3 Å². The van der Waals surface area contributed by atoms with E-state index in [4.69, 9.17) is 4.74 Å². The number of benzene rings is 1. The average Bonchev–Trinajstić information content (AvgIpc) is 2.64. The number of piperazine rings is 1. The number of carbonyl (C=O) groups excluding carboxylic acids is 2. The molecule has 1 aromatic rings. The van der Waals surface area contributed by atoms with Gasteiger partial charge in [-0.2, -0.15) is 0 Å². The van der Waals surface area contributed by atoms with Gasteiger partial charge in [-0.15, -0.1) is 6.58 Å². The van der Waals surface area contributed by atoms with Crippen LogP contribution < -0.4 is 0 Å². The largest absolute Gasteiger partial charge is 0.445 e. The second-order valence-corrected chi connectivity index (χ2v) is 6.88. The maximum absolute atomic E-state index is 12.9. The first-order valence-electron chi connectivity index (χ1n) is 9.02. The molecule has 5 nitrogen and oxygen atoms in total. The molecule has 2 amide bonds. The van der Waals surface area contributed by atoms with Crippen molar-refractivity contribution in [2.24, 2.45) is 0 Å². The molecule has 2 saturated heterocycles. The van der Waals surface area contributed by atoms with Crippen molar-refractivity contribution in [2.75, 3.05) is 6.54 Å². The molecule has 0 bridgehead atoms. The highest BCUT2D eigenvalue weighted by Gasteiger charge is 2.44. The minimum Gasteiger partial charge on any atom is -0.445 e. The van der Waals surface area contributed by atoms with E-state index in [0.717, 1.165) is 31.2 Å². The number of rotatable bonds is 4. The van der Waals surface area contributed by atoms with Crippen molar-refractivity contribution in [1.82, 2.24) is 9.80 Å². The van der Waals surface area contributed by atoms with Crippen LogP contribution >= 0.6 is 0 Å². The highest BCUT2D eigenvalue weighted by molar-refractivity contribution is 5.87. The minimum absolute atomic E-state index is 0.0273. The Morgan fingerprint density at radius 1 is 1.32 bits per heavy atom. The third-order valence-electron chi connectivity index (χ3n) is 5.23. The van der Waals surface area contributed by atoms with E-state index in [1.54, 1.807) is 11.8 Å². The van der Waals surface area contributed by atoms with Gasteiger partial charge >= 0.3 is 6.09 Å². The Balaban J connectivity index is 1.66. The van der Waals surface area contributed by atoms with Crippen LogP contribution in [-0.4, -0.2) is 46.5 Å². The lowest BCUT2D eigenvalue weighted by atomic mass is 9.90. The van der Waals surface area contributed by atoms with Crippen LogP contribution in [0.25, 0.3) is 0 Å². The van der Waals surface area contributed by atoms with Gasteiger partial charge in [-0.3, -0.25) is 9.69 Å². The molecule has 2 aliphatic rings. The maximum atomic E-state index is 12.9. The number of hydrogen-bond donors (Lipinski definition) is 0. The summed E-state index contributed by atoms with van der Waals surface area (Å²) in [5, 5.41) is 0. The summed E-state index contributed by atoms with van der Waals surface area (Å²) in [6.45, 7) is 6.38. The van der Waals surface area contributed by atoms with E-state index in [1.165, 1.54) is 0 Å². The molecule has 2 fully saturated rings. The Labute approximate surface area is 149 Å². The van der Waals surface area contributed by atoms with E-state index in [1.807, 2.05) is 41.3 Å². The molecule has 2 heterocycles. The molecule has 0 aromatic heterocycles. The smallest absolute Gasteiger partial charge is 0.410 e. The van der Waals surface area contributed by atoms with Crippen molar-refractivity contribution < 1.29 is 14.3 Å².